The summed E-state index contributed by atoms with van der Waals surface area (Å²) in [5.74, 6) is -0.977. The number of aromatic amines is 1. The third-order valence-electron chi connectivity index (χ3n) is 2.59. The van der Waals surface area contributed by atoms with Crippen molar-refractivity contribution in [2.75, 3.05) is 0 Å². The van der Waals surface area contributed by atoms with Crippen molar-refractivity contribution in [1.29, 1.82) is 0 Å². The number of benzene rings is 1. The number of fused-ring (bicyclic) bond motifs is 1. The monoisotopic (exact) mass is 218 g/mol. The number of nitrogens with one attached hydrogen (secondary N) is 1. The van der Waals surface area contributed by atoms with E-state index in [2.05, 4.69) is 4.98 Å². The minimum absolute atomic E-state index is 0.322. The Morgan fingerprint density at radius 3 is 2.94 bits per heavy atom. The first-order valence-electron chi connectivity index (χ1n) is 5.13. The molecule has 84 valence electrons. The van der Waals surface area contributed by atoms with Gasteiger partial charge in [0, 0.05) is 17.6 Å². The molecular weight excluding hydrogens is 204 g/mol. The van der Waals surface area contributed by atoms with Crippen LogP contribution in [0.5, 0.6) is 0 Å². The summed E-state index contributed by atoms with van der Waals surface area (Å²) in [4.78, 5) is 13.8. The maximum atomic E-state index is 10.6. The van der Waals surface area contributed by atoms with Gasteiger partial charge in [0.1, 0.15) is 6.04 Å². The molecule has 2 aromatic rings. The first-order chi connectivity index (χ1) is 7.56. The van der Waals surface area contributed by atoms with Crippen LogP contribution in [-0.2, 0) is 11.2 Å². The lowest BCUT2D eigenvalue weighted by Gasteiger charge is -2.02. The maximum Gasteiger partial charge on any atom is 0.320 e. The highest BCUT2D eigenvalue weighted by atomic mass is 16.4. The van der Waals surface area contributed by atoms with Gasteiger partial charge in [-0.05, 0) is 30.0 Å². The van der Waals surface area contributed by atoms with Gasteiger partial charge in [0.05, 0.1) is 0 Å². The van der Waals surface area contributed by atoms with Crippen LogP contribution in [0.15, 0.2) is 24.3 Å². The number of aromatic nitrogens is 1. The Bertz CT molecular complexity index is 531. The molecule has 0 bridgehead atoms. The Morgan fingerprint density at radius 1 is 1.50 bits per heavy atom. The van der Waals surface area contributed by atoms with Gasteiger partial charge in [-0.1, -0.05) is 12.1 Å². The van der Waals surface area contributed by atoms with E-state index in [1.165, 1.54) is 5.56 Å². The Morgan fingerprint density at radius 2 is 2.25 bits per heavy atom. The largest absolute Gasteiger partial charge is 0.480 e. The second-order valence-electron chi connectivity index (χ2n) is 4.03. The summed E-state index contributed by atoms with van der Waals surface area (Å²) in [7, 11) is 0. The number of carbonyl (C=O) groups is 1. The molecule has 2 rings (SSSR count). The standard InChI is InChI=1S/C12H14N2O2/c1-7-2-3-8-5-9(14-11(8)4-7)6-10(13)12(15)16/h2-5,10,14H,6,13H2,1H3,(H,15,16)/t10-/m0/s1. The third kappa shape index (κ3) is 2.06. The van der Waals surface area contributed by atoms with Gasteiger partial charge in [0.2, 0.25) is 0 Å². The number of nitrogens with two attached hydrogens (primary N) is 1. The zero-order chi connectivity index (χ0) is 11.7. The molecule has 4 heteroatoms. The number of aliphatic carboxylic acids is 1. The molecule has 0 spiro atoms. The van der Waals surface area contributed by atoms with Crippen molar-refractivity contribution >= 4 is 16.9 Å². The zero-order valence-corrected chi connectivity index (χ0v) is 9.03. The highest BCUT2D eigenvalue weighted by molar-refractivity contribution is 5.81. The van der Waals surface area contributed by atoms with Gasteiger partial charge >= 0.3 is 5.97 Å². The number of carboxylic acid groups (broad SMARTS) is 1. The summed E-state index contributed by atoms with van der Waals surface area (Å²) in [6, 6.07) is 7.16. The van der Waals surface area contributed by atoms with Crippen molar-refractivity contribution in [3.05, 3.63) is 35.5 Å². The Labute approximate surface area is 93.1 Å². The molecule has 0 aliphatic carbocycles. The topological polar surface area (TPSA) is 79.1 Å². The number of H-pyrrole nitrogens is 1. The third-order valence-corrected chi connectivity index (χ3v) is 2.59. The molecular formula is C12H14N2O2. The van der Waals surface area contributed by atoms with Crippen LogP contribution in [-0.4, -0.2) is 22.1 Å². The molecule has 4 nitrogen and oxygen atoms in total. The van der Waals surface area contributed by atoms with Gasteiger partial charge in [-0.25, -0.2) is 0 Å². The van der Waals surface area contributed by atoms with Crippen LogP contribution in [0, 0.1) is 6.92 Å². The number of carboxylic acids is 1. The summed E-state index contributed by atoms with van der Waals surface area (Å²) in [6.07, 6.45) is 0.322. The summed E-state index contributed by atoms with van der Waals surface area (Å²) in [6.45, 7) is 2.02. The number of hydrogen-bond acceptors (Lipinski definition) is 2. The highest BCUT2D eigenvalue weighted by Crippen LogP contribution is 2.17. The van der Waals surface area contributed by atoms with Crippen LogP contribution >= 0.6 is 0 Å². The Hall–Kier alpha value is -1.81. The lowest BCUT2D eigenvalue weighted by atomic mass is 10.1. The fourth-order valence-electron chi connectivity index (χ4n) is 1.74. The molecule has 1 aromatic carbocycles. The van der Waals surface area contributed by atoms with Crippen molar-refractivity contribution in [3.8, 4) is 0 Å². The fourth-order valence-corrected chi connectivity index (χ4v) is 1.74. The SMILES string of the molecule is Cc1ccc2cc(C[C@H](N)C(=O)O)[nH]c2c1. The van der Waals surface area contributed by atoms with E-state index in [-0.39, 0.29) is 0 Å². The smallest absolute Gasteiger partial charge is 0.320 e. The van der Waals surface area contributed by atoms with E-state index in [1.54, 1.807) is 0 Å². The van der Waals surface area contributed by atoms with Crippen LogP contribution in [0.2, 0.25) is 0 Å². The normalized spacial score (nSPS) is 12.9. The fraction of sp³-hybridized carbons (Fsp3) is 0.250. The quantitative estimate of drug-likeness (QED) is 0.729. The molecule has 0 fully saturated rings. The second-order valence-corrected chi connectivity index (χ2v) is 4.03. The lowest BCUT2D eigenvalue weighted by molar-refractivity contribution is -0.138. The van der Waals surface area contributed by atoms with Gasteiger partial charge in [-0.15, -0.1) is 0 Å². The second kappa shape index (κ2) is 3.98. The van der Waals surface area contributed by atoms with Crippen LogP contribution in [0.3, 0.4) is 0 Å². The van der Waals surface area contributed by atoms with E-state index in [0.717, 1.165) is 16.6 Å². The molecule has 4 N–H and O–H groups in total. The molecule has 0 saturated heterocycles. The predicted octanol–water partition coefficient (Wildman–Crippen LogP) is 1.43. The van der Waals surface area contributed by atoms with Gasteiger partial charge in [-0.3, -0.25) is 4.79 Å². The van der Waals surface area contributed by atoms with Crippen molar-refractivity contribution in [2.24, 2.45) is 5.73 Å². The van der Waals surface area contributed by atoms with E-state index in [1.807, 2.05) is 31.2 Å². The van der Waals surface area contributed by atoms with Crippen LogP contribution in [0.1, 0.15) is 11.3 Å². The number of rotatable bonds is 3. The number of hydrogen-bond donors (Lipinski definition) is 3. The van der Waals surface area contributed by atoms with E-state index < -0.39 is 12.0 Å². The summed E-state index contributed by atoms with van der Waals surface area (Å²) in [5, 5.41) is 9.81. The van der Waals surface area contributed by atoms with E-state index in [0.29, 0.717) is 6.42 Å². The average molecular weight is 218 g/mol. The van der Waals surface area contributed by atoms with Gasteiger partial charge in [0.25, 0.3) is 0 Å². The van der Waals surface area contributed by atoms with Crippen molar-refractivity contribution in [3.63, 3.8) is 0 Å². The molecule has 0 unspecified atom stereocenters. The molecule has 1 atom stereocenters. The Kier molecular flexibility index (Phi) is 2.66. The molecule has 16 heavy (non-hydrogen) atoms. The van der Waals surface area contributed by atoms with Gasteiger partial charge in [0.15, 0.2) is 0 Å². The zero-order valence-electron chi connectivity index (χ0n) is 9.03. The highest BCUT2D eigenvalue weighted by Gasteiger charge is 2.13. The molecule has 1 aromatic heterocycles. The predicted molar refractivity (Wildman–Crippen MR) is 62.4 cm³/mol. The molecule has 0 aliphatic rings. The molecule has 0 saturated carbocycles. The van der Waals surface area contributed by atoms with Crippen LogP contribution in [0.25, 0.3) is 10.9 Å². The van der Waals surface area contributed by atoms with Gasteiger partial charge in [-0.2, -0.15) is 0 Å². The first kappa shape index (κ1) is 10.7. The van der Waals surface area contributed by atoms with E-state index in [9.17, 15) is 4.79 Å². The van der Waals surface area contributed by atoms with Gasteiger partial charge < -0.3 is 15.8 Å². The average Bonchev–Trinajstić information content (AvgIpc) is 2.58. The minimum atomic E-state index is -0.977. The lowest BCUT2D eigenvalue weighted by Crippen LogP contribution is -2.32. The van der Waals surface area contributed by atoms with E-state index in [4.69, 9.17) is 10.8 Å². The molecule has 0 aliphatic heterocycles. The van der Waals surface area contributed by atoms with E-state index >= 15 is 0 Å². The molecule has 0 radical (unpaired) electrons. The summed E-state index contributed by atoms with van der Waals surface area (Å²) < 4.78 is 0. The van der Waals surface area contributed by atoms with Crippen molar-refractivity contribution < 1.29 is 9.90 Å². The van der Waals surface area contributed by atoms with Crippen molar-refractivity contribution in [2.45, 2.75) is 19.4 Å². The summed E-state index contributed by atoms with van der Waals surface area (Å²) >= 11 is 0. The minimum Gasteiger partial charge on any atom is -0.480 e. The Balaban J connectivity index is 2.29. The summed E-state index contributed by atoms with van der Waals surface area (Å²) in [5.41, 5.74) is 8.53. The molecule has 1 heterocycles. The first-order valence-corrected chi connectivity index (χ1v) is 5.13. The van der Waals surface area contributed by atoms with Crippen LogP contribution < -0.4 is 5.73 Å². The molecule has 0 amide bonds. The maximum absolute atomic E-state index is 10.6. The van der Waals surface area contributed by atoms with Crippen LogP contribution in [0.4, 0.5) is 0 Å². The number of aryl methyl sites for hydroxylation is 1. The van der Waals surface area contributed by atoms with Crippen molar-refractivity contribution in [1.82, 2.24) is 4.98 Å².